The molecule has 0 aliphatic heterocycles. The smallest absolute Gasteiger partial charge is 0.373 e. The van der Waals surface area contributed by atoms with E-state index in [0.29, 0.717) is 5.56 Å². The lowest BCUT2D eigenvalue weighted by Gasteiger charge is -2.08. The number of benzene rings is 1. The van der Waals surface area contributed by atoms with Crippen molar-refractivity contribution in [3.63, 3.8) is 0 Å². The highest BCUT2D eigenvalue weighted by atomic mass is 19.4. The van der Waals surface area contributed by atoms with Gasteiger partial charge in [0.15, 0.2) is 0 Å². The van der Waals surface area contributed by atoms with Gasteiger partial charge in [0.1, 0.15) is 0 Å². The summed E-state index contributed by atoms with van der Waals surface area (Å²) in [6, 6.07) is 6.40. The molecule has 1 aromatic rings. The Hall–Kier alpha value is -2.09. The van der Waals surface area contributed by atoms with Gasteiger partial charge in [0.2, 0.25) is 0 Å². The molecule has 1 aromatic carbocycles. The molecule has 0 atom stereocenters. The van der Waals surface area contributed by atoms with Crippen LogP contribution in [-0.2, 0) is 27.5 Å². The number of alkyl halides is 3. The summed E-state index contributed by atoms with van der Waals surface area (Å²) in [5, 5.41) is 1.76. The largest absolute Gasteiger partial charge is 0.471 e. The number of carbonyl (C=O) groups is 2. The van der Waals surface area contributed by atoms with Crippen LogP contribution in [0.5, 0.6) is 0 Å². The van der Waals surface area contributed by atoms with Gasteiger partial charge < -0.3 is 10.2 Å². The lowest BCUT2D eigenvalue weighted by atomic mass is 10.1. The molecule has 19 heavy (non-hydrogen) atoms. The van der Waals surface area contributed by atoms with E-state index in [1.807, 2.05) is 0 Å². The Balaban J connectivity index is 2.44. The normalized spacial score (nSPS) is 10.9. The van der Waals surface area contributed by atoms with Crippen LogP contribution in [0.25, 0.3) is 0 Å². The molecule has 0 saturated carbocycles. The molecule has 0 aromatic heterocycles. The third-order valence-corrected chi connectivity index (χ3v) is 2.14. The van der Waals surface area contributed by atoms with Gasteiger partial charge in [0.05, 0.1) is 6.54 Å². The van der Waals surface area contributed by atoms with Crippen molar-refractivity contribution in [1.29, 1.82) is 0 Å². The second kappa shape index (κ2) is 6.74. The Labute approximate surface area is 106 Å². The summed E-state index contributed by atoms with van der Waals surface area (Å²) in [6.07, 6.45) is -4.88. The van der Waals surface area contributed by atoms with Gasteiger partial charge >= 0.3 is 18.6 Å². The van der Waals surface area contributed by atoms with Crippen LogP contribution in [0.15, 0.2) is 24.3 Å². The van der Waals surface area contributed by atoms with E-state index in [-0.39, 0.29) is 19.6 Å². The first-order valence-corrected chi connectivity index (χ1v) is 5.18. The van der Waals surface area contributed by atoms with Crippen LogP contribution in [0.4, 0.5) is 13.2 Å². The van der Waals surface area contributed by atoms with Gasteiger partial charge in [-0.3, -0.25) is 9.59 Å². The van der Waals surface area contributed by atoms with E-state index in [4.69, 9.17) is 0 Å². The Kier molecular flexibility index (Phi) is 5.31. The van der Waals surface area contributed by atoms with E-state index in [0.717, 1.165) is 5.56 Å². The predicted octanol–water partition coefficient (Wildman–Crippen LogP) is 1.04. The van der Waals surface area contributed by atoms with Crippen LogP contribution in [0.3, 0.4) is 0 Å². The fourth-order valence-corrected chi connectivity index (χ4v) is 1.22. The van der Waals surface area contributed by atoms with Gasteiger partial charge in [-0.1, -0.05) is 24.3 Å². The molecule has 8 heteroatoms. The van der Waals surface area contributed by atoms with Gasteiger partial charge in [0, 0.05) is 6.54 Å². The predicted molar refractivity (Wildman–Crippen MR) is 58.3 cm³/mol. The highest BCUT2D eigenvalue weighted by Crippen LogP contribution is 2.14. The highest BCUT2D eigenvalue weighted by molar-refractivity contribution is 5.81. The topological polar surface area (TPSA) is 67.4 Å². The van der Waals surface area contributed by atoms with Crippen molar-refractivity contribution in [2.45, 2.75) is 19.3 Å². The summed E-state index contributed by atoms with van der Waals surface area (Å²) in [5.74, 6) is -1.97. The molecule has 0 saturated heterocycles. The lowest BCUT2D eigenvalue weighted by Crippen LogP contribution is -2.36. The number of nitrogens with one attached hydrogen (secondary N) is 2. The standard InChI is InChI=1S/C11H11F3N2O3/c12-11(13,14)10(18)15-5-8-1-3-9(4-2-8)6-16-19-7-17/h1-4,7,16H,5-6H2,(H,15,18). The number of carbonyl (C=O) groups excluding carboxylic acids is 2. The molecule has 1 amide bonds. The number of rotatable bonds is 6. The van der Waals surface area contributed by atoms with Gasteiger partial charge in [-0.2, -0.15) is 13.2 Å². The zero-order chi connectivity index (χ0) is 14.3. The van der Waals surface area contributed by atoms with E-state index in [2.05, 4.69) is 10.3 Å². The number of hydroxylamine groups is 1. The van der Waals surface area contributed by atoms with Gasteiger partial charge in [-0.05, 0) is 11.1 Å². The van der Waals surface area contributed by atoms with Crippen molar-refractivity contribution in [2.75, 3.05) is 0 Å². The van der Waals surface area contributed by atoms with Crippen molar-refractivity contribution in [3.8, 4) is 0 Å². The van der Waals surface area contributed by atoms with Gasteiger partial charge in [-0.15, -0.1) is 5.48 Å². The van der Waals surface area contributed by atoms with Crippen LogP contribution in [0, 0.1) is 0 Å². The lowest BCUT2D eigenvalue weighted by molar-refractivity contribution is -0.173. The van der Waals surface area contributed by atoms with Crippen molar-refractivity contribution in [2.24, 2.45) is 0 Å². The Morgan fingerprint density at radius 1 is 1.16 bits per heavy atom. The molecule has 0 aliphatic carbocycles. The van der Waals surface area contributed by atoms with Crippen LogP contribution >= 0.6 is 0 Å². The minimum atomic E-state index is -4.88. The zero-order valence-electron chi connectivity index (χ0n) is 9.66. The number of hydrogen-bond donors (Lipinski definition) is 2. The quantitative estimate of drug-likeness (QED) is 0.463. The fourth-order valence-electron chi connectivity index (χ4n) is 1.22. The maximum Gasteiger partial charge on any atom is 0.471 e. The van der Waals surface area contributed by atoms with E-state index in [1.54, 1.807) is 29.6 Å². The molecular weight excluding hydrogens is 265 g/mol. The van der Waals surface area contributed by atoms with Crippen LogP contribution in [0.2, 0.25) is 0 Å². The summed E-state index contributed by atoms with van der Waals surface area (Å²) in [6.45, 7) is 0.297. The molecule has 5 nitrogen and oxygen atoms in total. The number of hydrogen-bond acceptors (Lipinski definition) is 4. The Morgan fingerprint density at radius 3 is 2.16 bits per heavy atom. The molecule has 0 unspecified atom stereocenters. The van der Waals surface area contributed by atoms with Gasteiger partial charge in [0.25, 0.3) is 0 Å². The van der Waals surface area contributed by atoms with E-state index in [9.17, 15) is 22.8 Å². The second-order valence-electron chi connectivity index (χ2n) is 3.53. The summed E-state index contributed by atoms with van der Waals surface area (Å²) < 4.78 is 35.8. The first-order chi connectivity index (χ1) is 8.93. The fraction of sp³-hybridized carbons (Fsp3) is 0.273. The van der Waals surface area contributed by atoms with Crippen molar-refractivity contribution in [3.05, 3.63) is 35.4 Å². The van der Waals surface area contributed by atoms with E-state index >= 15 is 0 Å². The number of amides is 1. The summed E-state index contributed by atoms with van der Waals surface area (Å²) in [7, 11) is 0. The zero-order valence-corrected chi connectivity index (χ0v) is 9.66. The maximum atomic E-state index is 11.9. The Bertz CT molecular complexity index is 432. The molecule has 0 fully saturated rings. The molecule has 0 aliphatic rings. The molecule has 0 heterocycles. The molecular formula is C11H11F3N2O3. The van der Waals surface area contributed by atoms with Crippen molar-refractivity contribution < 1.29 is 27.6 Å². The van der Waals surface area contributed by atoms with Gasteiger partial charge in [-0.25, -0.2) is 0 Å². The van der Waals surface area contributed by atoms with Crippen LogP contribution in [-0.4, -0.2) is 18.6 Å². The minimum Gasteiger partial charge on any atom is -0.373 e. The molecule has 0 radical (unpaired) electrons. The molecule has 1 rings (SSSR count). The van der Waals surface area contributed by atoms with Crippen molar-refractivity contribution >= 4 is 12.4 Å². The molecule has 0 bridgehead atoms. The highest BCUT2D eigenvalue weighted by Gasteiger charge is 2.38. The minimum absolute atomic E-state index is 0.211. The average Bonchev–Trinajstić information content (AvgIpc) is 2.36. The third-order valence-electron chi connectivity index (χ3n) is 2.14. The van der Waals surface area contributed by atoms with Crippen LogP contribution in [0.1, 0.15) is 11.1 Å². The summed E-state index contributed by atoms with van der Waals surface area (Å²) in [4.78, 5) is 24.7. The first kappa shape index (κ1) is 15.0. The summed E-state index contributed by atoms with van der Waals surface area (Å²) >= 11 is 0. The van der Waals surface area contributed by atoms with Crippen LogP contribution < -0.4 is 10.8 Å². The van der Waals surface area contributed by atoms with Crippen molar-refractivity contribution in [1.82, 2.24) is 10.8 Å². The summed E-state index contributed by atoms with van der Waals surface area (Å²) in [5.41, 5.74) is 3.65. The van der Waals surface area contributed by atoms with E-state index < -0.39 is 12.1 Å². The molecule has 2 N–H and O–H groups in total. The SMILES string of the molecule is O=CONCc1ccc(CNC(=O)C(F)(F)F)cc1. The number of halogens is 3. The average molecular weight is 276 g/mol. The third kappa shape index (κ3) is 5.38. The van der Waals surface area contributed by atoms with E-state index in [1.165, 1.54) is 0 Å². The first-order valence-electron chi connectivity index (χ1n) is 5.18. The molecule has 104 valence electrons. The maximum absolute atomic E-state index is 11.9. The Morgan fingerprint density at radius 2 is 1.68 bits per heavy atom. The second-order valence-corrected chi connectivity index (χ2v) is 3.53. The monoisotopic (exact) mass is 276 g/mol. The molecule has 0 spiro atoms.